The summed E-state index contributed by atoms with van der Waals surface area (Å²) >= 11 is 0. The van der Waals surface area contributed by atoms with Crippen LogP contribution in [-0.4, -0.2) is 79.8 Å². The van der Waals surface area contributed by atoms with E-state index in [1.807, 2.05) is 39.8 Å². The second kappa shape index (κ2) is 40.7. The standard InChI is InChI=1S/C97H128N8O11.Co/c1-18-22-44-113-58(5)67-54-68(67)87(106)102-79-40-30-41-80(103-88(107)69-55-72(69)91(110)114-45-23-19-2)85(79)83-75(98)36-26-32-59(61-48-63(94(6,7)8)52-64(49-61)95(9,10)11)34-28-38-77(100)84(78(101)39-29-35-60(33-27-37-76(83)99)62-50-65(96(12,13)14)53-66(51-62)97(15,16)17)86-81(104-89(108)70-56-73(70)92(111)115-46-24-20-3)42-31-43-82(86)105-90(109)71-57-74(71)93(112)116-47-25-21-4;/h26-34,36-43,48-53,58,67-74H,18-25,35,44-47,54-57H2,1-17H3,(H11,98,99,100,101,102,103,104,105,106,107,108,109);/p-4/b37-27-,39-29-,60-33-;/t58?,67-,68?,69+,70+,71+,72+,73+,74+;/m0./s1. The van der Waals surface area contributed by atoms with Crippen LogP contribution in [0.1, 0.15) is 246 Å². The van der Waals surface area contributed by atoms with E-state index in [-0.39, 0.29) is 164 Å². The fourth-order valence-electron chi connectivity index (χ4n) is 14.1. The van der Waals surface area contributed by atoms with Crippen molar-refractivity contribution in [1.82, 2.24) is 0 Å². The first-order valence-corrected chi connectivity index (χ1v) is 41.8. The van der Waals surface area contributed by atoms with Crippen molar-refractivity contribution in [3.63, 3.8) is 0 Å². The molecule has 0 heterocycles. The maximum absolute atomic E-state index is 14.7. The van der Waals surface area contributed by atoms with Crippen LogP contribution in [0.5, 0.6) is 0 Å². The van der Waals surface area contributed by atoms with Gasteiger partial charge in [-0.05, 0) is 172 Å². The Labute approximate surface area is 705 Å². The Morgan fingerprint density at radius 1 is 0.444 bits per heavy atom. The smallest absolute Gasteiger partial charge is 0.309 e. The molecule has 20 heteroatoms. The topological polar surface area (TPSA) is 298 Å². The number of carbonyl (C=O) groups is 7. The molecule has 0 saturated heterocycles. The molecule has 4 aromatic carbocycles. The van der Waals surface area contributed by atoms with Gasteiger partial charge in [0.15, 0.2) is 0 Å². The van der Waals surface area contributed by atoms with Crippen molar-refractivity contribution >= 4 is 92.3 Å². The summed E-state index contributed by atoms with van der Waals surface area (Å²) in [7, 11) is 0. The van der Waals surface area contributed by atoms with Crippen LogP contribution in [0.4, 0.5) is 22.7 Å². The number of amides is 4. The van der Waals surface area contributed by atoms with E-state index in [0.29, 0.717) is 37.9 Å². The SMILES string of the molecule is CCCCOC(=O)[C@@H]1C[C@H]1C(=O)Nc1cccc(NC(=O)C2C[C@H]2C(C)OCCCC)c1\C1=C([NH-])/C=C\C=C(/c2cc(C(C)(C)C)cc(C(C)(C)C)c2)C\C=C/C([NH-])=C(c2c(NC(=O)[C@@H]3C[C@H]3C(=O)OCCCC)cccc2NC(=O)[C@@H]2C[C@H]2C(=O)OCCCC)/C([NH-])=C/C=C/C(c2cc(C(C)(C)C)cc(C(C)(C)C)c2)=C/C=C\C1=[N-].[Co]. The molecule has 7 N–H and O–H groups in total. The van der Waals surface area contributed by atoms with Gasteiger partial charge in [0.05, 0.1) is 84.2 Å². The fourth-order valence-corrected chi connectivity index (χ4v) is 14.1. The Morgan fingerprint density at radius 3 is 1.22 bits per heavy atom. The number of ether oxygens (including phenoxy) is 4. The van der Waals surface area contributed by atoms with Gasteiger partial charge in [0.25, 0.3) is 0 Å². The van der Waals surface area contributed by atoms with Gasteiger partial charge >= 0.3 is 17.9 Å². The summed E-state index contributed by atoms with van der Waals surface area (Å²) in [6.45, 7) is 37.0. The zero-order chi connectivity index (χ0) is 84.7. The number of nitrogens with one attached hydrogen (secondary N) is 7. The third-order valence-electron chi connectivity index (χ3n) is 22.2. The summed E-state index contributed by atoms with van der Waals surface area (Å²) in [6.07, 6.45) is 26.0. The molecule has 4 saturated carbocycles. The molecule has 1 radical (unpaired) electrons. The van der Waals surface area contributed by atoms with Gasteiger partial charge in [-0.1, -0.05) is 252 Å². The normalized spacial score (nSPS) is 24.3. The molecule has 117 heavy (non-hydrogen) atoms. The van der Waals surface area contributed by atoms with Crippen LogP contribution in [0.15, 0.2) is 157 Å². The van der Waals surface area contributed by atoms with Crippen molar-refractivity contribution in [2.45, 2.75) is 229 Å². The molecule has 0 aliphatic heterocycles. The summed E-state index contributed by atoms with van der Waals surface area (Å²) in [4.78, 5) is 98.6. The largest absolute Gasteiger partial charge is 0.803 e. The molecule has 19 nitrogen and oxygen atoms in total. The van der Waals surface area contributed by atoms with Gasteiger partial charge in [-0.3, -0.25) is 33.6 Å². The van der Waals surface area contributed by atoms with Gasteiger partial charge in [-0.15, -0.1) is 17.1 Å². The van der Waals surface area contributed by atoms with Crippen LogP contribution >= 0.6 is 0 Å². The summed E-state index contributed by atoms with van der Waals surface area (Å²) in [5.74, 6) is -7.90. The number of allylic oxidation sites excluding steroid dienone is 15. The van der Waals surface area contributed by atoms with Crippen LogP contribution in [0.3, 0.4) is 0 Å². The van der Waals surface area contributed by atoms with Crippen molar-refractivity contribution in [2.75, 3.05) is 47.7 Å². The summed E-state index contributed by atoms with van der Waals surface area (Å²) in [6, 6.07) is 22.8. The van der Waals surface area contributed by atoms with Crippen molar-refractivity contribution < 1.29 is 69.3 Å². The molecule has 0 aromatic heterocycles. The summed E-state index contributed by atoms with van der Waals surface area (Å²) in [5, 5.41) is 25.6. The number of nitrogens with zero attached hydrogens (tertiary/aromatic N) is 1. The maximum Gasteiger partial charge on any atom is 0.309 e. The van der Waals surface area contributed by atoms with Gasteiger partial charge in [-0.25, -0.2) is 0 Å². The second-order valence-electron chi connectivity index (χ2n) is 35.9. The third kappa shape index (κ3) is 25.2. The molecule has 2 unspecified atom stereocenters. The zero-order valence-electron chi connectivity index (χ0n) is 71.8. The molecule has 9 rings (SSSR count). The fraction of sp³-hybridized carbons (Fsp3) is 0.485. The third-order valence-corrected chi connectivity index (χ3v) is 22.2. The van der Waals surface area contributed by atoms with Gasteiger partial charge < -0.3 is 62.8 Å². The van der Waals surface area contributed by atoms with Crippen LogP contribution in [0, 0.1) is 47.3 Å². The first-order chi connectivity index (χ1) is 54.9. The number of unbranched alkanes of at least 4 members (excludes halogenated alkanes) is 4. The van der Waals surface area contributed by atoms with Gasteiger partial charge in [0.2, 0.25) is 23.6 Å². The zero-order valence-corrected chi connectivity index (χ0v) is 72.8. The molecule has 631 valence electrons. The Morgan fingerprint density at radius 2 is 0.812 bits per heavy atom. The summed E-state index contributed by atoms with van der Waals surface area (Å²) < 4.78 is 22.9. The van der Waals surface area contributed by atoms with E-state index in [0.717, 1.165) is 71.1 Å². The molecule has 5 aliphatic rings. The van der Waals surface area contributed by atoms with E-state index < -0.39 is 82.8 Å². The summed E-state index contributed by atoms with van der Waals surface area (Å²) in [5.41, 5.74) is 36.6. The van der Waals surface area contributed by atoms with Crippen LogP contribution in [-0.2, 0) is 90.9 Å². The van der Waals surface area contributed by atoms with E-state index in [2.05, 4.69) is 148 Å². The molecular formula is C97H124CoN8O11-4. The van der Waals surface area contributed by atoms with Crippen LogP contribution in [0.25, 0.3) is 44.9 Å². The first kappa shape index (κ1) is 92.9. The number of carbonyl (C=O) groups excluding carboxylic acids is 7. The van der Waals surface area contributed by atoms with Crippen LogP contribution < -0.4 is 21.3 Å². The minimum Gasteiger partial charge on any atom is -0.803 e. The Balaban J connectivity index is 0.0000171. The number of hydrogen-bond acceptors (Lipinski definition) is 11. The minimum atomic E-state index is -0.746. The maximum atomic E-state index is 14.7. The van der Waals surface area contributed by atoms with Crippen molar-refractivity contribution in [3.05, 3.63) is 224 Å². The predicted molar refractivity (Wildman–Crippen MR) is 470 cm³/mol. The Kier molecular flexibility index (Phi) is 32.3. The van der Waals surface area contributed by atoms with E-state index in [1.165, 1.54) is 12.2 Å². The number of benzene rings is 4. The van der Waals surface area contributed by atoms with Crippen molar-refractivity contribution in [2.24, 2.45) is 47.3 Å². The van der Waals surface area contributed by atoms with Crippen LogP contribution in [0.2, 0.25) is 0 Å². The number of anilines is 4. The molecule has 0 spiro atoms. The molecule has 5 aliphatic carbocycles. The van der Waals surface area contributed by atoms with Gasteiger partial charge in [0.1, 0.15) is 0 Å². The monoisotopic (exact) mass is 1640 g/mol. The van der Waals surface area contributed by atoms with Gasteiger partial charge in [-0.2, -0.15) is 5.71 Å². The van der Waals surface area contributed by atoms with Crippen molar-refractivity contribution in [3.8, 4) is 0 Å². The predicted octanol–water partition coefficient (Wildman–Crippen LogP) is 22.4. The van der Waals surface area contributed by atoms with E-state index in [9.17, 15) is 56.2 Å². The first-order valence-electron chi connectivity index (χ1n) is 41.8. The molecule has 4 fully saturated rings. The molecule has 9 atom stereocenters. The average molecular weight is 1640 g/mol. The van der Waals surface area contributed by atoms with E-state index in [4.69, 9.17) is 18.9 Å². The van der Waals surface area contributed by atoms with E-state index >= 15 is 0 Å². The Hall–Kier alpha value is -9.63. The molecule has 0 bridgehead atoms. The minimum absolute atomic E-state index is 0. The molecule has 4 amide bonds. The molecular weight excluding hydrogens is 1510 g/mol. The number of esters is 3. The van der Waals surface area contributed by atoms with Crippen molar-refractivity contribution in [1.29, 1.82) is 0 Å². The Bertz CT molecular complexity index is 4500. The van der Waals surface area contributed by atoms with Gasteiger partial charge in [0, 0.05) is 40.4 Å². The quantitative estimate of drug-likeness (QED) is 0.0225. The molecule has 4 aromatic rings. The average Bonchev–Trinajstić information content (AvgIpc) is 1.72. The number of rotatable bonds is 29. The van der Waals surface area contributed by atoms with E-state index in [1.54, 1.807) is 78.9 Å². The second-order valence-corrected chi connectivity index (χ2v) is 35.9. The number of hydrogen-bond donors (Lipinski definition) is 4.